The first-order valence-corrected chi connectivity index (χ1v) is 6.05. The zero-order valence-corrected chi connectivity index (χ0v) is 10.8. The number of nitrogens with zero attached hydrogens (tertiary/aromatic N) is 3. The van der Waals surface area contributed by atoms with Crippen molar-refractivity contribution in [3.63, 3.8) is 0 Å². The number of hydrogen-bond acceptors (Lipinski definition) is 5. The van der Waals surface area contributed by atoms with Crippen molar-refractivity contribution in [1.29, 1.82) is 0 Å². The van der Waals surface area contributed by atoms with Crippen LogP contribution in [0, 0.1) is 0 Å². The molecule has 8 heteroatoms. The van der Waals surface area contributed by atoms with Crippen molar-refractivity contribution < 1.29 is 0 Å². The first-order chi connectivity index (χ1) is 7.65. The lowest BCUT2D eigenvalue weighted by Crippen LogP contribution is -2.05. The van der Waals surface area contributed by atoms with Crippen LogP contribution in [-0.2, 0) is 0 Å². The molecule has 82 valence electrons. The third kappa shape index (κ3) is 2.81. The number of nitrogens with one attached hydrogen (secondary N) is 1. The van der Waals surface area contributed by atoms with E-state index < -0.39 is 0 Å². The quantitative estimate of drug-likeness (QED) is 0.678. The van der Waals surface area contributed by atoms with Crippen molar-refractivity contribution in [1.82, 2.24) is 19.9 Å². The minimum atomic E-state index is -0.214. The van der Waals surface area contributed by atoms with Crippen molar-refractivity contribution >= 4 is 39.3 Å². The van der Waals surface area contributed by atoms with Gasteiger partial charge in [0.05, 0.1) is 4.47 Å². The lowest BCUT2D eigenvalue weighted by atomic mass is 10.7. The molecule has 2 heterocycles. The molecule has 1 N–H and O–H groups in total. The lowest BCUT2D eigenvalue weighted by Gasteiger charge is -2.01. The molecule has 0 atom stereocenters. The van der Waals surface area contributed by atoms with Gasteiger partial charge in [-0.3, -0.25) is 4.79 Å². The average Bonchev–Trinajstić information content (AvgIpc) is 2.24. The molecule has 0 saturated heterocycles. The molecular weight excluding hydrogens is 316 g/mol. The minimum absolute atomic E-state index is 0.143. The highest BCUT2D eigenvalue weighted by Crippen LogP contribution is 2.29. The van der Waals surface area contributed by atoms with Crippen molar-refractivity contribution in [3.8, 4) is 0 Å². The fourth-order valence-electron chi connectivity index (χ4n) is 0.898. The number of halogens is 2. The van der Waals surface area contributed by atoms with Crippen LogP contribution in [0.3, 0.4) is 0 Å². The van der Waals surface area contributed by atoms with E-state index in [1.165, 1.54) is 24.0 Å². The number of H-pyrrole nitrogens is 1. The molecule has 0 unspecified atom stereocenters. The maximum absolute atomic E-state index is 11.1. The van der Waals surface area contributed by atoms with Crippen LogP contribution >= 0.6 is 39.3 Å². The fourth-order valence-corrected chi connectivity index (χ4v) is 2.25. The van der Waals surface area contributed by atoms with Gasteiger partial charge >= 0.3 is 0 Å². The zero-order chi connectivity index (χ0) is 11.5. The Morgan fingerprint density at radius 1 is 1.44 bits per heavy atom. The van der Waals surface area contributed by atoms with E-state index in [1.807, 2.05) is 0 Å². The molecule has 0 saturated carbocycles. The van der Waals surface area contributed by atoms with Crippen molar-refractivity contribution in [2.45, 2.75) is 10.2 Å². The molecule has 5 nitrogen and oxygen atoms in total. The predicted molar refractivity (Wildman–Crippen MR) is 63.7 cm³/mol. The van der Waals surface area contributed by atoms with E-state index in [1.54, 1.807) is 6.20 Å². The summed E-state index contributed by atoms with van der Waals surface area (Å²) in [6.45, 7) is 0. The normalized spacial score (nSPS) is 10.4. The first-order valence-electron chi connectivity index (χ1n) is 4.06. The summed E-state index contributed by atoms with van der Waals surface area (Å²) in [4.78, 5) is 25.4. The molecule has 0 aliphatic carbocycles. The first kappa shape index (κ1) is 11.6. The average molecular weight is 320 g/mol. The van der Waals surface area contributed by atoms with Crippen LogP contribution in [-0.4, -0.2) is 19.9 Å². The second-order valence-electron chi connectivity index (χ2n) is 2.63. The van der Waals surface area contributed by atoms with Crippen molar-refractivity contribution in [2.75, 3.05) is 0 Å². The monoisotopic (exact) mass is 318 g/mol. The number of hydrogen-bond donors (Lipinski definition) is 1. The highest BCUT2D eigenvalue weighted by atomic mass is 79.9. The van der Waals surface area contributed by atoms with Gasteiger partial charge in [-0.05, 0) is 39.3 Å². The Kier molecular flexibility index (Phi) is 3.57. The van der Waals surface area contributed by atoms with E-state index in [4.69, 9.17) is 11.6 Å². The molecular formula is C8H4BrClN4OS. The van der Waals surface area contributed by atoms with Gasteiger partial charge in [-0.2, -0.15) is 0 Å². The molecule has 16 heavy (non-hydrogen) atoms. The van der Waals surface area contributed by atoms with Crippen LogP contribution in [0.2, 0.25) is 5.28 Å². The fraction of sp³-hybridized carbons (Fsp3) is 0. The van der Waals surface area contributed by atoms with Crippen LogP contribution in [0.1, 0.15) is 0 Å². The van der Waals surface area contributed by atoms with Gasteiger partial charge in [0.1, 0.15) is 5.03 Å². The number of aromatic nitrogens is 4. The molecule has 0 aliphatic rings. The summed E-state index contributed by atoms with van der Waals surface area (Å²) < 4.78 is 0.688. The summed E-state index contributed by atoms with van der Waals surface area (Å²) in [5.74, 6) is 0. The number of aromatic amines is 1. The maximum Gasteiger partial charge on any atom is 0.251 e. The molecule has 0 amide bonds. The zero-order valence-electron chi connectivity index (χ0n) is 7.65. The van der Waals surface area contributed by atoms with Crippen LogP contribution in [0.4, 0.5) is 0 Å². The van der Waals surface area contributed by atoms with E-state index in [-0.39, 0.29) is 10.8 Å². The number of rotatable bonds is 2. The second-order valence-corrected chi connectivity index (χ2v) is 4.80. The van der Waals surface area contributed by atoms with E-state index in [0.717, 1.165) is 0 Å². The molecule has 0 aliphatic heterocycles. The van der Waals surface area contributed by atoms with Crippen LogP contribution in [0.15, 0.2) is 37.9 Å². The Bertz CT molecular complexity index is 576. The Labute approximate surface area is 108 Å². The summed E-state index contributed by atoms with van der Waals surface area (Å²) >= 11 is 10.1. The topological polar surface area (TPSA) is 71.5 Å². The Balaban J connectivity index is 2.33. The van der Waals surface area contributed by atoms with Gasteiger partial charge in [-0.25, -0.2) is 15.0 Å². The van der Waals surface area contributed by atoms with Gasteiger partial charge in [0.2, 0.25) is 5.28 Å². The van der Waals surface area contributed by atoms with Gasteiger partial charge in [-0.1, -0.05) is 0 Å². The summed E-state index contributed by atoms with van der Waals surface area (Å²) in [5, 5.41) is 1.18. The third-order valence-electron chi connectivity index (χ3n) is 1.52. The highest BCUT2D eigenvalue weighted by Gasteiger charge is 2.07. The predicted octanol–water partition coefficient (Wildman–Crippen LogP) is 2.13. The molecule has 0 radical (unpaired) electrons. The Morgan fingerprint density at radius 3 is 3.00 bits per heavy atom. The van der Waals surface area contributed by atoms with E-state index >= 15 is 0 Å². The van der Waals surface area contributed by atoms with Crippen molar-refractivity contribution in [2.24, 2.45) is 0 Å². The highest BCUT2D eigenvalue weighted by molar-refractivity contribution is 9.10. The van der Waals surface area contributed by atoms with E-state index in [0.29, 0.717) is 14.7 Å². The van der Waals surface area contributed by atoms with Gasteiger partial charge < -0.3 is 4.98 Å². The largest absolute Gasteiger partial charge is 0.301 e. The molecule has 0 aromatic carbocycles. The minimum Gasteiger partial charge on any atom is -0.301 e. The standard InChI is InChI=1S/C8H4BrClN4OS/c9-4-3-12-7(10)14-6(4)16-8-11-2-1-5(15)13-8/h1-3H,(H,11,13,15). The smallest absolute Gasteiger partial charge is 0.251 e. The van der Waals surface area contributed by atoms with Crippen LogP contribution < -0.4 is 5.56 Å². The molecule has 0 bridgehead atoms. The lowest BCUT2D eigenvalue weighted by molar-refractivity contribution is 0.926. The van der Waals surface area contributed by atoms with Gasteiger partial charge in [-0.15, -0.1) is 0 Å². The summed E-state index contributed by atoms with van der Waals surface area (Å²) in [6.07, 6.45) is 2.97. The van der Waals surface area contributed by atoms with E-state index in [2.05, 4.69) is 35.9 Å². The molecule has 2 aromatic heterocycles. The van der Waals surface area contributed by atoms with Crippen molar-refractivity contribution in [3.05, 3.63) is 38.6 Å². The van der Waals surface area contributed by atoms with Crippen LogP contribution in [0.5, 0.6) is 0 Å². The Hall–Kier alpha value is -0.920. The summed E-state index contributed by atoms with van der Waals surface area (Å²) in [5.41, 5.74) is -0.214. The van der Waals surface area contributed by atoms with E-state index in [9.17, 15) is 4.79 Å². The summed E-state index contributed by atoms with van der Waals surface area (Å²) in [7, 11) is 0. The van der Waals surface area contributed by atoms with Gasteiger partial charge in [0, 0.05) is 18.5 Å². The summed E-state index contributed by atoms with van der Waals surface area (Å²) in [6, 6.07) is 1.34. The SMILES string of the molecule is O=c1ccnc(Sc2nc(Cl)ncc2Br)[nH]1. The third-order valence-corrected chi connectivity index (χ3v) is 3.45. The molecule has 2 rings (SSSR count). The van der Waals surface area contributed by atoms with Crippen LogP contribution in [0.25, 0.3) is 0 Å². The maximum atomic E-state index is 11.1. The molecule has 0 fully saturated rings. The van der Waals surface area contributed by atoms with Gasteiger partial charge in [0.25, 0.3) is 5.56 Å². The van der Waals surface area contributed by atoms with Gasteiger partial charge in [0.15, 0.2) is 5.16 Å². The molecule has 0 spiro atoms. The Morgan fingerprint density at radius 2 is 2.25 bits per heavy atom. The molecule has 2 aromatic rings. The second kappa shape index (κ2) is 4.94.